The number of rotatable bonds is 15. The van der Waals surface area contributed by atoms with Crippen LogP contribution in [0.15, 0.2) is 46.6 Å². The van der Waals surface area contributed by atoms with Crippen molar-refractivity contribution in [3.63, 3.8) is 0 Å². The van der Waals surface area contributed by atoms with Crippen LogP contribution in [-0.4, -0.2) is 36.2 Å². The first-order chi connectivity index (χ1) is 12.8. The Morgan fingerprint density at radius 2 is 1.15 bits per heavy atom. The highest BCUT2D eigenvalue weighted by atomic mass is 16.2. The molecule has 0 aliphatic rings. The standard InChI is InChI=1S/C25H45NO/c1-22(2)12-10-14-24(5)16-19-26(18-8-7-9-21-27)20-17-25(6)15-11-13-23(3)4/h12-13,16-17,27H,7-11,14-15,18-21H2,1-6H3/b24-16+,25-17+. The monoisotopic (exact) mass is 375 g/mol. The average Bonchev–Trinajstić information content (AvgIpc) is 2.59. The van der Waals surface area contributed by atoms with Crippen molar-refractivity contribution in [2.75, 3.05) is 26.2 Å². The van der Waals surface area contributed by atoms with Crippen LogP contribution in [0.3, 0.4) is 0 Å². The lowest BCUT2D eigenvalue weighted by Crippen LogP contribution is -2.25. The second kappa shape index (κ2) is 17.0. The minimum Gasteiger partial charge on any atom is -0.396 e. The van der Waals surface area contributed by atoms with E-state index in [2.05, 4.69) is 70.7 Å². The largest absolute Gasteiger partial charge is 0.396 e. The molecule has 0 rings (SSSR count). The molecule has 0 radical (unpaired) electrons. The van der Waals surface area contributed by atoms with Crippen LogP contribution in [0.2, 0.25) is 0 Å². The number of nitrogens with zero attached hydrogens (tertiary/aromatic N) is 1. The molecule has 0 aromatic heterocycles. The molecule has 0 fully saturated rings. The van der Waals surface area contributed by atoms with Crippen LogP contribution >= 0.6 is 0 Å². The van der Waals surface area contributed by atoms with E-state index in [4.69, 9.17) is 5.11 Å². The molecule has 27 heavy (non-hydrogen) atoms. The van der Waals surface area contributed by atoms with E-state index in [-0.39, 0.29) is 0 Å². The van der Waals surface area contributed by atoms with Gasteiger partial charge in [0.1, 0.15) is 0 Å². The lowest BCUT2D eigenvalue weighted by Gasteiger charge is -2.20. The third-order valence-corrected chi connectivity index (χ3v) is 4.71. The summed E-state index contributed by atoms with van der Waals surface area (Å²) in [5.74, 6) is 0. The summed E-state index contributed by atoms with van der Waals surface area (Å²) in [6.45, 7) is 16.6. The van der Waals surface area contributed by atoms with Crippen molar-refractivity contribution in [1.82, 2.24) is 4.90 Å². The van der Waals surface area contributed by atoms with Gasteiger partial charge in [-0.2, -0.15) is 0 Å². The van der Waals surface area contributed by atoms with Crippen molar-refractivity contribution >= 4 is 0 Å². The molecule has 0 spiro atoms. The lowest BCUT2D eigenvalue weighted by molar-refractivity contribution is 0.272. The van der Waals surface area contributed by atoms with Gasteiger partial charge in [0.15, 0.2) is 0 Å². The molecular weight excluding hydrogens is 330 g/mol. The van der Waals surface area contributed by atoms with E-state index in [9.17, 15) is 0 Å². The topological polar surface area (TPSA) is 23.5 Å². The third-order valence-electron chi connectivity index (χ3n) is 4.71. The van der Waals surface area contributed by atoms with E-state index >= 15 is 0 Å². The maximum Gasteiger partial charge on any atom is 0.0431 e. The van der Waals surface area contributed by atoms with Crippen molar-refractivity contribution < 1.29 is 5.11 Å². The maximum absolute atomic E-state index is 8.98. The van der Waals surface area contributed by atoms with Crippen LogP contribution in [0.5, 0.6) is 0 Å². The molecule has 0 saturated heterocycles. The normalized spacial score (nSPS) is 12.4. The fourth-order valence-electron chi connectivity index (χ4n) is 2.83. The Bertz CT molecular complexity index is 448. The highest BCUT2D eigenvalue weighted by Crippen LogP contribution is 2.10. The second-order valence-corrected chi connectivity index (χ2v) is 8.29. The average molecular weight is 376 g/mol. The van der Waals surface area contributed by atoms with Gasteiger partial charge < -0.3 is 5.11 Å². The number of hydrogen-bond acceptors (Lipinski definition) is 2. The Hall–Kier alpha value is -1.12. The lowest BCUT2D eigenvalue weighted by atomic mass is 10.1. The molecule has 0 aliphatic heterocycles. The zero-order valence-corrected chi connectivity index (χ0v) is 19.0. The molecule has 0 amide bonds. The number of unbranched alkanes of at least 4 members (excludes halogenated alkanes) is 2. The van der Waals surface area contributed by atoms with Gasteiger partial charge in [-0.25, -0.2) is 0 Å². The van der Waals surface area contributed by atoms with Gasteiger partial charge in [-0.3, -0.25) is 4.90 Å². The van der Waals surface area contributed by atoms with Crippen LogP contribution in [0.4, 0.5) is 0 Å². The molecular formula is C25H45NO. The van der Waals surface area contributed by atoms with Gasteiger partial charge in [0.25, 0.3) is 0 Å². The summed E-state index contributed by atoms with van der Waals surface area (Å²) in [4.78, 5) is 2.53. The van der Waals surface area contributed by atoms with Gasteiger partial charge in [-0.05, 0) is 93.0 Å². The Morgan fingerprint density at radius 1 is 0.667 bits per heavy atom. The molecule has 0 saturated carbocycles. The zero-order valence-electron chi connectivity index (χ0n) is 19.0. The zero-order chi connectivity index (χ0) is 20.5. The summed E-state index contributed by atoms with van der Waals surface area (Å²) < 4.78 is 0. The second-order valence-electron chi connectivity index (χ2n) is 8.29. The van der Waals surface area contributed by atoms with E-state index in [0.29, 0.717) is 6.61 Å². The molecule has 0 aromatic carbocycles. The predicted octanol–water partition coefficient (Wildman–Crippen LogP) is 6.84. The molecule has 0 aliphatic carbocycles. The smallest absolute Gasteiger partial charge is 0.0431 e. The Balaban J connectivity index is 4.57. The van der Waals surface area contributed by atoms with E-state index in [0.717, 1.165) is 64.6 Å². The van der Waals surface area contributed by atoms with Gasteiger partial charge in [0, 0.05) is 19.7 Å². The molecule has 2 nitrogen and oxygen atoms in total. The van der Waals surface area contributed by atoms with E-state index in [1.807, 2.05) is 0 Å². The molecule has 1 N–H and O–H groups in total. The molecule has 0 atom stereocenters. The summed E-state index contributed by atoms with van der Waals surface area (Å²) in [6, 6.07) is 0. The number of aliphatic hydroxyl groups excluding tert-OH is 1. The Kier molecular flexibility index (Phi) is 16.3. The molecule has 0 unspecified atom stereocenters. The van der Waals surface area contributed by atoms with Crippen LogP contribution in [0, 0.1) is 0 Å². The number of hydrogen-bond donors (Lipinski definition) is 1. The Labute approximate surface area is 169 Å². The summed E-state index contributed by atoms with van der Waals surface area (Å²) in [6.07, 6.45) is 17.2. The highest BCUT2D eigenvalue weighted by molar-refractivity contribution is 5.05. The van der Waals surface area contributed by atoms with Crippen molar-refractivity contribution in [3.05, 3.63) is 46.6 Å². The van der Waals surface area contributed by atoms with Crippen LogP contribution in [-0.2, 0) is 0 Å². The maximum atomic E-state index is 8.98. The molecule has 0 aromatic rings. The van der Waals surface area contributed by atoms with Crippen molar-refractivity contribution in [2.24, 2.45) is 0 Å². The summed E-state index contributed by atoms with van der Waals surface area (Å²) >= 11 is 0. The van der Waals surface area contributed by atoms with Crippen LogP contribution < -0.4 is 0 Å². The first kappa shape index (κ1) is 25.9. The van der Waals surface area contributed by atoms with Gasteiger partial charge in [-0.1, -0.05) is 46.6 Å². The SMILES string of the molecule is CC(C)=CCC/C(C)=C/CN(C/C=C(\C)CCC=C(C)C)CCCCCO. The van der Waals surface area contributed by atoms with Crippen molar-refractivity contribution in [3.8, 4) is 0 Å². The summed E-state index contributed by atoms with van der Waals surface area (Å²) in [5.41, 5.74) is 5.78. The molecule has 0 heterocycles. The van der Waals surface area contributed by atoms with Gasteiger partial charge in [0.2, 0.25) is 0 Å². The highest BCUT2D eigenvalue weighted by Gasteiger charge is 2.03. The fourth-order valence-corrected chi connectivity index (χ4v) is 2.83. The van der Waals surface area contributed by atoms with Crippen LogP contribution in [0.25, 0.3) is 0 Å². The fraction of sp³-hybridized carbons (Fsp3) is 0.680. The van der Waals surface area contributed by atoms with Gasteiger partial charge in [0.05, 0.1) is 0 Å². The summed E-state index contributed by atoms with van der Waals surface area (Å²) in [5, 5.41) is 8.98. The number of allylic oxidation sites excluding steroid dienone is 6. The van der Waals surface area contributed by atoms with Gasteiger partial charge in [-0.15, -0.1) is 0 Å². The minimum atomic E-state index is 0.312. The van der Waals surface area contributed by atoms with Crippen molar-refractivity contribution in [1.29, 1.82) is 0 Å². The van der Waals surface area contributed by atoms with E-state index < -0.39 is 0 Å². The molecule has 156 valence electrons. The first-order valence-corrected chi connectivity index (χ1v) is 10.8. The quantitative estimate of drug-likeness (QED) is 0.250. The van der Waals surface area contributed by atoms with E-state index in [1.165, 1.54) is 22.3 Å². The predicted molar refractivity (Wildman–Crippen MR) is 122 cm³/mol. The van der Waals surface area contributed by atoms with Gasteiger partial charge >= 0.3 is 0 Å². The van der Waals surface area contributed by atoms with E-state index in [1.54, 1.807) is 0 Å². The van der Waals surface area contributed by atoms with Crippen LogP contribution in [0.1, 0.15) is 86.5 Å². The van der Waals surface area contributed by atoms with Crippen molar-refractivity contribution in [2.45, 2.75) is 86.5 Å². The molecule has 2 heteroatoms. The Morgan fingerprint density at radius 3 is 1.56 bits per heavy atom. The third kappa shape index (κ3) is 18.0. The first-order valence-electron chi connectivity index (χ1n) is 10.8. The summed E-state index contributed by atoms with van der Waals surface area (Å²) in [7, 11) is 0. The minimum absolute atomic E-state index is 0.312. The molecule has 0 bridgehead atoms. The number of aliphatic hydroxyl groups is 1.